The van der Waals surface area contributed by atoms with Gasteiger partial charge in [0.2, 0.25) is 5.88 Å². The Bertz CT molecular complexity index is 699. The van der Waals surface area contributed by atoms with Gasteiger partial charge in [-0.15, -0.1) is 16.4 Å². The summed E-state index contributed by atoms with van der Waals surface area (Å²) in [6.07, 6.45) is 1.80. The first-order valence-corrected chi connectivity index (χ1v) is 8.55. The fourth-order valence-corrected chi connectivity index (χ4v) is 3.60. The van der Waals surface area contributed by atoms with Crippen molar-refractivity contribution in [2.24, 2.45) is 0 Å². The van der Waals surface area contributed by atoms with Crippen molar-refractivity contribution in [3.63, 3.8) is 0 Å². The van der Waals surface area contributed by atoms with Crippen molar-refractivity contribution < 1.29 is 9.53 Å². The Morgan fingerprint density at radius 2 is 2.13 bits per heavy atom. The minimum Gasteiger partial charge on any atom is -0.471 e. The van der Waals surface area contributed by atoms with E-state index in [1.165, 1.54) is 11.3 Å². The molecule has 23 heavy (non-hydrogen) atoms. The van der Waals surface area contributed by atoms with Crippen molar-refractivity contribution in [2.75, 3.05) is 13.1 Å². The molecule has 1 atom stereocenters. The zero-order valence-electron chi connectivity index (χ0n) is 13.6. The molecule has 1 amide bonds. The van der Waals surface area contributed by atoms with Crippen LogP contribution in [0.25, 0.3) is 0 Å². The van der Waals surface area contributed by atoms with Gasteiger partial charge in [-0.05, 0) is 39.7 Å². The number of aryl methyl sites for hydroxylation is 3. The lowest BCUT2D eigenvalue weighted by molar-refractivity contribution is 0.0529. The van der Waals surface area contributed by atoms with Gasteiger partial charge >= 0.3 is 0 Å². The smallest absolute Gasteiger partial charge is 0.265 e. The third-order valence-corrected chi connectivity index (χ3v) is 4.88. The van der Waals surface area contributed by atoms with Crippen LogP contribution in [-0.2, 0) is 0 Å². The zero-order chi connectivity index (χ0) is 16.4. The van der Waals surface area contributed by atoms with Crippen LogP contribution in [0.2, 0.25) is 0 Å². The summed E-state index contributed by atoms with van der Waals surface area (Å²) in [7, 11) is 0. The molecule has 0 radical (unpaired) electrons. The van der Waals surface area contributed by atoms with Gasteiger partial charge in [0.1, 0.15) is 11.0 Å². The SMILES string of the molecule is Cc1ccc(O[C@@H]2CCCN(C(=O)c3sc(C)nc3C)C2)nn1. The van der Waals surface area contributed by atoms with E-state index in [0.717, 1.165) is 40.7 Å². The average Bonchev–Trinajstić information content (AvgIpc) is 2.88. The first-order chi connectivity index (χ1) is 11.0. The second kappa shape index (κ2) is 6.62. The number of rotatable bonds is 3. The monoisotopic (exact) mass is 332 g/mol. The van der Waals surface area contributed by atoms with E-state index in [9.17, 15) is 4.79 Å². The predicted molar refractivity (Wildman–Crippen MR) is 87.9 cm³/mol. The van der Waals surface area contributed by atoms with Crippen LogP contribution in [0, 0.1) is 20.8 Å². The molecule has 1 fully saturated rings. The molecule has 1 saturated heterocycles. The molecule has 0 N–H and O–H groups in total. The van der Waals surface area contributed by atoms with E-state index in [-0.39, 0.29) is 12.0 Å². The Morgan fingerprint density at radius 3 is 2.78 bits per heavy atom. The molecule has 0 spiro atoms. The molecule has 0 aliphatic carbocycles. The molecule has 3 heterocycles. The van der Waals surface area contributed by atoms with Crippen LogP contribution in [-0.4, -0.2) is 45.2 Å². The van der Waals surface area contributed by atoms with Crippen LogP contribution >= 0.6 is 11.3 Å². The second-order valence-corrected chi connectivity index (χ2v) is 7.00. The molecule has 2 aromatic heterocycles. The fraction of sp³-hybridized carbons (Fsp3) is 0.500. The number of hydrogen-bond donors (Lipinski definition) is 0. The van der Waals surface area contributed by atoms with E-state index in [2.05, 4.69) is 15.2 Å². The highest BCUT2D eigenvalue weighted by atomic mass is 32.1. The third kappa shape index (κ3) is 3.67. The van der Waals surface area contributed by atoms with E-state index in [1.807, 2.05) is 37.8 Å². The summed E-state index contributed by atoms with van der Waals surface area (Å²) in [4.78, 5) is 19.6. The molecule has 0 bridgehead atoms. The van der Waals surface area contributed by atoms with Gasteiger partial charge in [0.15, 0.2) is 0 Å². The quantitative estimate of drug-likeness (QED) is 0.864. The first-order valence-electron chi connectivity index (χ1n) is 7.73. The lowest BCUT2D eigenvalue weighted by atomic mass is 10.1. The highest BCUT2D eigenvalue weighted by Gasteiger charge is 2.28. The number of aromatic nitrogens is 3. The summed E-state index contributed by atoms with van der Waals surface area (Å²) in [6.45, 7) is 7.03. The lowest BCUT2D eigenvalue weighted by Crippen LogP contribution is -2.44. The van der Waals surface area contributed by atoms with Crippen LogP contribution in [0.15, 0.2) is 12.1 Å². The molecule has 0 unspecified atom stereocenters. The number of hydrogen-bond acceptors (Lipinski definition) is 6. The van der Waals surface area contributed by atoms with Gasteiger partial charge in [0.25, 0.3) is 5.91 Å². The molecule has 2 aromatic rings. The summed E-state index contributed by atoms with van der Waals surface area (Å²) in [5.74, 6) is 0.566. The maximum absolute atomic E-state index is 12.7. The molecule has 0 aromatic carbocycles. The third-order valence-electron chi connectivity index (χ3n) is 3.82. The topological polar surface area (TPSA) is 68.2 Å². The molecular weight excluding hydrogens is 312 g/mol. The van der Waals surface area contributed by atoms with Crippen LogP contribution in [0.5, 0.6) is 5.88 Å². The molecular formula is C16H20N4O2S. The van der Waals surface area contributed by atoms with Gasteiger partial charge in [0.05, 0.1) is 22.9 Å². The zero-order valence-corrected chi connectivity index (χ0v) is 14.4. The van der Waals surface area contributed by atoms with E-state index in [0.29, 0.717) is 12.4 Å². The number of carbonyl (C=O) groups is 1. The van der Waals surface area contributed by atoms with Crippen molar-refractivity contribution in [1.82, 2.24) is 20.1 Å². The molecule has 3 rings (SSSR count). The molecule has 7 heteroatoms. The summed E-state index contributed by atoms with van der Waals surface area (Å²) in [6, 6.07) is 3.69. The Balaban J connectivity index is 1.67. The Morgan fingerprint density at radius 1 is 1.30 bits per heavy atom. The van der Waals surface area contributed by atoms with Crippen molar-refractivity contribution in [3.8, 4) is 5.88 Å². The van der Waals surface area contributed by atoms with Crippen molar-refractivity contribution in [1.29, 1.82) is 0 Å². The van der Waals surface area contributed by atoms with Crippen LogP contribution in [0.4, 0.5) is 0 Å². The Labute approximate surface area is 139 Å². The molecule has 122 valence electrons. The van der Waals surface area contributed by atoms with Gasteiger partial charge in [-0.3, -0.25) is 4.79 Å². The maximum Gasteiger partial charge on any atom is 0.265 e. The number of piperidine rings is 1. The van der Waals surface area contributed by atoms with E-state index < -0.39 is 0 Å². The first kappa shape index (κ1) is 15.9. The molecule has 0 saturated carbocycles. The van der Waals surface area contributed by atoms with E-state index in [1.54, 1.807) is 0 Å². The minimum absolute atomic E-state index is 0.0426. The van der Waals surface area contributed by atoms with Crippen molar-refractivity contribution >= 4 is 17.2 Å². The van der Waals surface area contributed by atoms with Gasteiger partial charge in [0, 0.05) is 12.6 Å². The molecule has 6 nitrogen and oxygen atoms in total. The minimum atomic E-state index is -0.0426. The predicted octanol–water partition coefficient (Wildman–Crippen LogP) is 2.54. The Hall–Kier alpha value is -2.02. The highest BCUT2D eigenvalue weighted by molar-refractivity contribution is 7.13. The number of nitrogens with zero attached hydrogens (tertiary/aromatic N) is 4. The standard InChI is InChI=1S/C16H20N4O2S/c1-10-6-7-14(19-18-10)22-13-5-4-8-20(9-13)16(21)15-11(2)17-12(3)23-15/h6-7,13H,4-5,8-9H2,1-3H3/t13-/m1/s1. The van der Waals surface area contributed by atoms with Gasteiger partial charge in [-0.1, -0.05) is 0 Å². The molecule has 1 aliphatic rings. The van der Waals surface area contributed by atoms with Gasteiger partial charge in [-0.2, -0.15) is 5.10 Å². The highest BCUT2D eigenvalue weighted by Crippen LogP contribution is 2.23. The van der Waals surface area contributed by atoms with Crippen molar-refractivity contribution in [3.05, 3.63) is 33.4 Å². The van der Waals surface area contributed by atoms with E-state index in [4.69, 9.17) is 4.74 Å². The maximum atomic E-state index is 12.7. The lowest BCUT2D eigenvalue weighted by Gasteiger charge is -2.32. The largest absolute Gasteiger partial charge is 0.471 e. The summed E-state index contributed by atoms with van der Waals surface area (Å²) in [5, 5.41) is 8.95. The number of carbonyl (C=O) groups excluding carboxylic acids is 1. The number of ether oxygens (including phenoxy) is 1. The summed E-state index contributed by atoms with van der Waals surface area (Å²) in [5.41, 5.74) is 1.67. The summed E-state index contributed by atoms with van der Waals surface area (Å²) < 4.78 is 5.88. The van der Waals surface area contributed by atoms with Crippen LogP contribution in [0.1, 0.15) is 38.9 Å². The number of amides is 1. The molecule has 1 aliphatic heterocycles. The number of thiazole rings is 1. The average molecular weight is 332 g/mol. The van der Waals surface area contributed by atoms with Crippen LogP contribution in [0.3, 0.4) is 0 Å². The van der Waals surface area contributed by atoms with Gasteiger partial charge < -0.3 is 9.64 Å². The fourth-order valence-electron chi connectivity index (χ4n) is 2.71. The second-order valence-electron chi connectivity index (χ2n) is 5.79. The van der Waals surface area contributed by atoms with Crippen molar-refractivity contribution in [2.45, 2.75) is 39.7 Å². The van der Waals surface area contributed by atoms with E-state index >= 15 is 0 Å². The summed E-state index contributed by atoms with van der Waals surface area (Å²) >= 11 is 1.46. The van der Waals surface area contributed by atoms with Gasteiger partial charge in [-0.25, -0.2) is 4.98 Å². The Kier molecular flexibility index (Phi) is 4.56. The number of likely N-dealkylation sites (tertiary alicyclic amines) is 1. The normalized spacial score (nSPS) is 18.0. The van der Waals surface area contributed by atoms with Crippen LogP contribution < -0.4 is 4.74 Å².